The first-order chi connectivity index (χ1) is 11.2. The van der Waals surface area contributed by atoms with Crippen LogP contribution in [-0.2, 0) is 6.61 Å². The Bertz CT molecular complexity index is 989. The zero-order valence-corrected chi connectivity index (χ0v) is 13.4. The summed E-state index contributed by atoms with van der Waals surface area (Å²) >= 11 is 2.92. The zero-order valence-electron chi connectivity index (χ0n) is 11.7. The normalized spacial score (nSPS) is 11.1. The standard InChI is InChI=1S/C16H10N2O3S2/c19-15(20)10-6-12-14(22-8-17-12)5-9(10)7-21-16-18-11-3-1-2-4-13(11)23-16/h1-6,8H,7H2,(H,19,20). The third-order valence-electron chi connectivity index (χ3n) is 3.41. The van der Waals surface area contributed by atoms with Gasteiger partial charge in [0.25, 0.3) is 5.19 Å². The molecule has 0 unspecified atom stereocenters. The van der Waals surface area contributed by atoms with Crippen molar-refractivity contribution in [3.05, 3.63) is 53.0 Å². The summed E-state index contributed by atoms with van der Waals surface area (Å²) in [6, 6.07) is 11.2. The van der Waals surface area contributed by atoms with Gasteiger partial charge in [-0.2, -0.15) is 0 Å². The van der Waals surface area contributed by atoms with Crippen LogP contribution in [-0.4, -0.2) is 21.0 Å². The molecule has 4 rings (SSSR count). The van der Waals surface area contributed by atoms with Crippen LogP contribution in [0.2, 0.25) is 0 Å². The predicted octanol–water partition coefficient (Wildman–Crippen LogP) is 4.18. The molecule has 2 aromatic heterocycles. The number of benzene rings is 2. The van der Waals surface area contributed by atoms with Gasteiger partial charge in [-0.3, -0.25) is 0 Å². The molecule has 0 saturated heterocycles. The number of carboxylic acids is 1. The molecule has 0 bridgehead atoms. The van der Waals surface area contributed by atoms with E-state index in [2.05, 4.69) is 9.97 Å². The van der Waals surface area contributed by atoms with E-state index in [0.29, 0.717) is 16.3 Å². The molecule has 5 nitrogen and oxygen atoms in total. The van der Waals surface area contributed by atoms with Crippen molar-refractivity contribution in [1.29, 1.82) is 0 Å². The first-order valence-electron chi connectivity index (χ1n) is 6.78. The lowest BCUT2D eigenvalue weighted by Crippen LogP contribution is -2.05. The average Bonchev–Trinajstić information content (AvgIpc) is 3.17. The summed E-state index contributed by atoms with van der Waals surface area (Å²) in [6.45, 7) is 0.162. The third-order valence-corrected chi connectivity index (χ3v) is 5.15. The van der Waals surface area contributed by atoms with E-state index in [4.69, 9.17) is 4.74 Å². The summed E-state index contributed by atoms with van der Waals surface area (Å²) in [7, 11) is 0. The van der Waals surface area contributed by atoms with Crippen molar-refractivity contribution in [3.63, 3.8) is 0 Å². The van der Waals surface area contributed by atoms with Crippen LogP contribution in [0.15, 0.2) is 41.9 Å². The molecule has 0 atom stereocenters. The number of hydrogen-bond acceptors (Lipinski definition) is 6. The summed E-state index contributed by atoms with van der Waals surface area (Å²) < 4.78 is 7.70. The van der Waals surface area contributed by atoms with Crippen molar-refractivity contribution in [2.75, 3.05) is 0 Å². The molecule has 0 aliphatic carbocycles. The number of para-hydroxylation sites is 1. The van der Waals surface area contributed by atoms with Crippen LogP contribution in [0.1, 0.15) is 15.9 Å². The number of aromatic nitrogens is 2. The van der Waals surface area contributed by atoms with E-state index < -0.39 is 5.97 Å². The Morgan fingerprint density at radius 1 is 1.17 bits per heavy atom. The van der Waals surface area contributed by atoms with E-state index in [0.717, 1.165) is 14.9 Å². The number of hydrogen-bond donors (Lipinski definition) is 1. The van der Waals surface area contributed by atoms with E-state index in [9.17, 15) is 9.90 Å². The highest BCUT2D eigenvalue weighted by Crippen LogP contribution is 2.29. The van der Waals surface area contributed by atoms with Crippen LogP contribution >= 0.6 is 22.7 Å². The monoisotopic (exact) mass is 342 g/mol. The summed E-state index contributed by atoms with van der Waals surface area (Å²) in [5, 5.41) is 9.92. The summed E-state index contributed by atoms with van der Waals surface area (Å²) in [5.41, 5.74) is 4.10. The Morgan fingerprint density at radius 2 is 2.04 bits per heavy atom. The second-order valence-corrected chi connectivity index (χ2v) is 6.75. The van der Waals surface area contributed by atoms with Crippen molar-refractivity contribution in [2.45, 2.75) is 6.61 Å². The van der Waals surface area contributed by atoms with Crippen LogP contribution < -0.4 is 4.74 Å². The van der Waals surface area contributed by atoms with Crippen LogP contribution in [0.5, 0.6) is 5.19 Å². The van der Waals surface area contributed by atoms with Crippen molar-refractivity contribution in [2.24, 2.45) is 0 Å². The van der Waals surface area contributed by atoms with E-state index in [1.165, 1.54) is 22.7 Å². The molecule has 0 spiro atoms. The lowest BCUT2D eigenvalue weighted by atomic mass is 10.1. The number of nitrogens with zero attached hydrogens (tertiary/aromatic N) is 2. The Kier molecular flexibility index (Phi) is 3.44. The van der Waals surface area contributed by atoms with Gasteiger partial charge in [-0.15, -0.1) is 11.3 Å². The fourth-order valence-electron chi connectivity index (χ4n) is 2.32. The molecule has 0 amide bonds. The number of rotatable bonds is 4. The SMILES string of the molecule is O=C(O)c1cc2ncsc2cc1COc1nc2ccccc2s1. The first-order valence-corrected chi connectivity index (χ1v) is 8.48. The van der Waals surface area contributed by atoms with Gasteiger partial charge >= 0.3 is 5.97 Å². The number of carbonyl (C=O) groups is 1. The van der Waals surface area contributed by atoms with E-state index in [-0.39, 0.29) is 12.2 Å². The second kappa shape index (κ2) is 5.60. The summed E-state index contributed by atoms with van der Waals surface area (Å²) in [5.74, 6) is -0.984. The highest BCUT2D eigenvalue weighted by atomic mass is 32.1. The molecular formula is C16H10N2O3S2. The van der Waals surface area contributed by atoms with Crippen LogP contribution in [0.4, 0.5) is 0 Å². The summed E-state index contributed by atoms with van der Waals surface area (Å²) in [4.78, 5) is 20.0. The second-order valence-electron chi connectivity index (χ2n) is 4.87. The molecular weight excluding hydrogens is 332 g/mol. The number of carboxylic acid groups (broad SMARTS) is 1. The lowest BCUT2D eigenvalue weighted by Gasteiger charge is -2.06. The van der Waals surface area contributed by atoms with E-state index >= 15 is 0 Å². The van der Waals surface area contributed by atoms with Crippen molar-refractivity contribution < 1.29 is 14.6 Å². The average molecular weight is 342 g/mol. The molecule has 7 heteroatoms. The largest absolute Gasteiger partial charge is 0.478 e. The van der Waals surface area contributed by atoms with Gasteiger partial charge in [-0.25, -0.2) is 14.8 Å². The van der Waals surface area contributed by atoms with Crippen molar-refractivity contribution in [3.8, 4) is 5.19 Å². The van der Waals surface area contributed by atoms with Crippen molar-refractivity contribution in [1.82, 2.24) is 9.97 Å². The molecule has 2 aromatic carbocycles. The molecule has 114 valence electrons. The minimum absolute atomic E-state index is 0.162. The quantitative estimate of drug-likeness (QED) is 0.602. The molecule has 0 fully saturated rings. The fourth-order valence-corrected chi connectivity index (χ4v) is 3.85. The van der Waals surface area contributed by atoms with Gasteiger partial charge in [0, 0.05) is 5.56 Å². The minimum Gasteiger partial charge on any atom is -0.478 e. The van der Waals surface area contributed by atoms with Crippen LogP contribution in [0.3, 0.4) is 0 Å². The lowest BCUT2D eigenvalue weighted by molar-refractivity contribution is 0.0694. The van der Waals surface area contributed by atoms with Gasteiger partial charge < -0.3 is 9.84 Å². The molecule has 1 N–H and O–H groups in total. The van der Waals surface area contributed by atoms with E-state index in [1.54, 1.807) is 11.6 Å². The Labute approximate surface area is 138 Å². The maximum atomic E-state index is 11.4. The van der Waals surface area contributed by atoms with Gasteiger partial charge in [0.05, 0.1) is 31.5 Å². The van der Waals surface area contributed by atoms with E-state index in [1.807, 2.05) is 30.3 Å². The van der Waals surface area contributed by atoms with Gasteiger partial charge in [-0.05, 0) is 24.3 Å². The van der Waals surface area contributed by atoms with Gasteiger partial charge in [0.1, 0.15) is 6.61 Å². The first kappa shape index (κ1) is 14.1. The topological polar surface area (TPSA) is 72.3 Å². The number of ether oxygens (including phenoxy) is 1. The Morgan fingerprint density at radius 3 is 2.87 bits per heavy atom. The van der Waals surface area contributed by atoms with Gasteiger partial charge in [0.15, 0.2) is 0 Å². The van der Waals surface area contributed by atoms with Crippen LogP contribution in [0.25, 0.3) is 20.4 Å². The highest BCUT2D eigenvalue weighted by Gasteiger charge is 2.14. The molecule has 0 aliphatic heterocycles. The Balaban J connectivity index is 1.66. The maximum Gasteiger partial charge on any atom is 0.336 e. The maximum absolute atomic E-state index is 11.4. The fraction of sp³-hybridized carbons (Fsp3) is 0.0625. The zero-order chi connectivity index (χ0) is 15.8. The number of aromatic carboxylic acids is 1. The number of thiazole rings is 2. The Hall–Kier alpha value is -2.51. The molecule has 0 aliphatic rings. The predicted molar refractivity (Wildman–Crippen MR) is 90.5 cm³/mol. The smallest absolute Gasteiger partial charge is 0.336 e. The molecule has 0 radical (unpaired) electrons. The molecule has 23 heavy (non-hydrogen) atoms. The minimum atomic E-state index is -0.984. The van der Waals surface area contributed by atoms with Gasteiger partial charge in [0.2, 0.25) is 0 Å². The summed E-state index contributed by atoms with van der Waals surface area (Å²) in [6.07, 6.45) is 0. The van der Waals surface area contributed by atoms with Gasteiger partial charge in [-0.1, -0.05) is 23.5 Å². The highest BCUT2D eigenvalue weighted by molar-refractivity contribution is 7.20. The molecule has 4 aromatic rings. The number of fused-ring (bicyclic) bond motifs is 2. The third kappa shape index (κ3) is 2.64. The van der Waals surface area contributed by atoms with Crippen LogP contribution in [0, 0.1) is 0 Å². The van der Waals surface area contributed by atoms with Crippen molar-refractivity contribution >= 4 is 49.1 Å². The molecule has 0 saturated carbocycles. The molecule has 2 heterocycles.